The lowest BCUT2D eigenvalue weighted by Gasteiger charge is -2.11. The fraction of sp³-hybridized carbons (Fsp3) is 0.316. The van der Waals surface area contributed by atoms with Crippen molar-refractivity contribution in [3.8, 4) is 0 Å². The van der Waals surface area contributed by atoms with Crippen LogP contribution in [-0.4, -0.2) is 35.2 Å². The lowest BCUT2D eigenvalue weighted by Crippen LogP contribution is -2.20. The molecule has 30 heavy (non-hydrogen) atoms. The van der Waals surface area contributed by atoms with Crippen molar-refractivity contribution in [1.82, 2.24) is 0 Å². The maximum atomic E-state index is 12.4. The Hall–Kier alpha value is -3.05. The van der Waals surface area contributed by atoms with E-state index in [-0.39, 0.29) is 34.5 Å². The number of nitro groups is 1. The highest BCUT2D eigenvalue weighted by atomic mass is 32.1. The lowest BCUT2D eigenvalue weighted by molar-refractivity contribution is -0.385. The summed E-state index contributed by atoms with van der Waals surface area (Å²) in [7, 11) is 0. The molecule has 0 saturated heterocycles. The summed E-state index contributed by atoms with van der Waals surface area (Å²) in [5.41, 5.74) is 1.48. The summed E-state index contributed by atoms with van der Waals surface area (Å²) >= 11 is 6.30. The fourth-order valence-corrected chi connectivity index (χ4v) is 3.97. The number of thiophene rings is 1. The molecule has 2 rings (SSSR count). The van der Waals surface area contributed by atoms with E-state index < -0.39 is 16.9 Å². The van der Waals surface area contributed by atoms with Gasteiger partial charge in [-0.05, 0) is 51.5 Å². The Morgan fingerprint density at radius 2 is 1.77 bits per heavy atom. The topological polar surface area (TPSA) is 120 Å². The summed E-state index contributed by atoms with van der Waals surface area (Å²) < 4.78 is 10.1. The molecule has 1 aromatic carbocycles. The van der Waals surface area contributed by atoms with Crippen molar-refractivity contribution in [2.45, 2.75) is 27.7 Å². The van der Waals surface area contributed by atoms with Crippen LogP contribution in [0.3, 0.4) is 0 Å². The first-order valence-corrected chi connectivity index (χ1v) is 10.2. The number of rotatable bonds is 7. The molecule has 0 fully saturated rings. The van der Waals surface area contributed by atoms with Gasteiger partial charge in [-0.15, -0.1) is 11.3 Å². The number of carbonyl (C=O) groups is 2. The van der Waals surface area contributed by atoms with Crippen LogP contribution < -0.4 is 10.6 Å². The number of ether oxygens (including phenoxy) is 2. The molecule has 9 nitrogen and oxygen atoms in total. The van der Waals surface area contributed by atoms with Crippen molar-refractivity contribution in [3.63, 3.8) is 0 Å². The molecule has 0 spiro atoms. The normalized spacial score (nSPS) is 10.3. The molecule has 2 N–H and O–H groups in total. The number of benzene rings is 1. The number of aryl methyl sites for hydroxylation is 1. The number of hydrogen-bond donors (Lipinski definition) is 2. The van der Waals surface area contributed by atoms with Gasteiger partial charge in [0, 0.05) is 17.3 Å². The maximum absolute atomic E-state index is 12.4. The Morgan fingerprint density at radius 3 is 2.37 bits per heavy atom. The van der Waals surface area contributed by atoms with E-state index in [9.17, 15) is 19.7 Å². The predicted molar refractivity (Wildman–Crippen MR) is 119 cm³/mol. The maximum Gasteiger partial charge on any atom is 0.348 e. The van der Waals surface area contributed by atoms with E-state index in [1.807, 2.05) is 0 Å². The molecule has 2 aromatic rings. The average molecular weight is 452 g/mol. The first-order chi connectivity index (χ1) is 14.2. The van der Waals surface area contributed by atoms with Crippen molar-refractivity contribution in [1.29, 1.82) is 0 Å². The van der Waals surface area contributed by atoms with Crippen LogP contribution in [0.5, 0.6) is 0 Å². The molecule has 160 valence electrons. The Bertz CT molecular complexity index is 1000. The van der Waals surface area contributed by atoms with Crippen LogP contribution in [0, 0.1) is 24.0 Å². The zero-order valence-corrected chi connectivity index (χ0v) is 18.5. The molecule has 0 aliphatic carbocycles. The number of anilines is 2. The monoisotopic (exact) mass is 451 g/mol. The van der Waals surface area contributed by atoms with Crippen LogP contribution in [0.1, 0.15) is 45.0 Å². The zero-order chi connectivity index (χ0) is 22.4. The molecule has 1 heterocycles. The van der Waals surface area contributed by atoms with Crippen LogP contribution in [0.15, 0.2) is 18.2 Å². The van der Waals surface area contributed by atoms with Crippen LogP contribution in [0.2, 0.25) is 0 Å². The van der Waals surface area contributed by atoms with Gasteiger partial charge in [0.05, 0.1) is 23.7 Å². The van der Waals surface area contributed by atoms with Crippen molar-refractivity contribution < 1.29 is 24.0 Å². The minimum atomic E-state index is -0.599. The number of nitro benzene ring substituents is 1. The Balaban J connectivity index is 2.32. The smallest absolute Gasteiger partial charge is 0.348 e. The highest BCUT2D eigenvalue weighted by Gasteiger charge is 2.27. The average Bonchev–Trinajstić information content (AvgIpc) is 2.99. The molecule has 0 aliphatic heterocycles. The van der Waals surface area contributed by atoms with Crippen molar-refractivity contribution >= 4 is 57.0 Å². The zero-order valence-electron chi connectivity index (χ0n) is 16.9. The number of esters is 2. The Kier molecular flexibility index (Phi) is 7.84. The number of nitrogens with zero attached hydrogens (tertiary/aromatic N) is 1. The number of thiocarbonyl (C=S) groups is 1. The molecular weight excluding hydrogens is 430 g/mol. The number of carbonyl (C=O) groups excluding carboxylic acids is 2. The van der Waals surface area contributed by atoms with Gasteiger partial charge in [-0.1, -0.05) is 6.07 Å². The molecular formula is C19H21N3O6S2. The second-order valence-corrected chi connectivity index (χ2v) is 7.47. The second kappa shape index (κ2) is 10.1. The van der Waals surface area contributed by atoms with Crippen LogP contribution >= 0.6 is 23.6 Å². The summed E-state index contributed by atoms with van der Waals surface area (Å²) in [6.07, 6.45) is 0. The minimum absolute atomic E-state index is 0.0495. The summed E-state index contributed by atoms with van der Waals surface area (Å²) in [6.45, 7) is 6.98. The molecule has 0 bridgehead atoms. The van der Waals surface area contributed by atoms with Crippen molar-refractivity contribution in [3.05, 3.63) is 49.9 Å². The molecule has 0 aliphatic rings. The van der Waals surface area contributed by atoms with E-state index in [1.54, 1.807) is 39.8 Å². The van der Waals surface area contributed by atoms with Gasteiger partial charge in [-0.2, -0.15) is 0 Å². The van der Waals surface area contributed by atoms with Gasteiger partial charge in [0.15, 0.2) is 5.11 Å². The van der Waals surface area contributed by atoms with Crippen molar-refractivity contribution in [2.24, 2.45) is 0 Å². The molecule has 0 saturated carbocycles. The molecule has 0 unspecified atom stereocenters. The van der Waals surface area contributed by atoms with Gasteiger partial charge in [-0.3, -0.25) is 10.1 Å². The van der Waals surface area contributed by atoms with Gasteiger partial charge in [0.2, 0.25) is 0 Å². The van der Waals surface area contributed by atoms with E-state index >= 15 is 0 Å². The van der Waals surface area contributed by atoms with Crippen LogP contribution in [0.25, 0.3) is 0 Å². The molecule has 0 amide bonds. The summed E-state index contributed by atoms with van der Waals surface area (Å²) in [5, 5.41) is 17.3. The van der Waals surface area contributed by atoms with E-state index in [0.29, 0.717) is 21.8 Å². The standard InChI is InChI=1S/C19H21N3O6S2/c1-5-27-17(23)14-11(4)15(18(24)28-6-2)30-16(14)21-19(29)20-12-8-7-10(3)13(9-12)22(25)26/h7-9H,5-6H2,1-4H3,(H2,20,21,29). The highest BCUT2D eigenvalue weighted by molar-refractivity contribution is 7.80. The third-order valence-electron chi connectivity index (χ3n) is 3.98. The Morgan fingerprint density at radius 1 is 1.13 bits per heavy atom. The first kappa shape index (κ1) is 23.2. The highest BCUT2D eigenvalue weighted by Crippen LogP contribution is 2.34. The molecule has 1 aromatic heterocycles. The van der Waals surface area contributed by atoms with E-state index in [2.05, 4.69) is 10.6 Å². The van der Waals surface area contributed by atoms with Crippen LogP contribution in [0.4, 0.5) is 16.4 Å². The molecule has 11 heteroatoms. The van der Waals surface area contributed by atoms with Gasteiger partial charge in [0.1, 0.15) is 9.88 Å². The van der Waals surface area contributed by atoms with E-state index in [4.69, 9.17) is 21.7 Å². The number of hydrogen-bond acceptors (Lipinski definition) is 8. The predicted octanol–water partition coefficient (Wildman–Crippen LogP) is 4.44. The third kappa shape index (κ3) is 5.30. The van der Waals surface area contributed by atoms with Crippen LogP contribution in [-0.2, 0) is 9.47 Å². The third-order valence-corrected chi connectivity index (χ3v) is 5.37. The lowest BCUT2D eigenvalue weighted by atomic mass is 10.1. The van der Waals surface area contributed by atoms with E-state index in [0.717, 1.165) is 11.3 Å². The SMILES string of the molecule is CCOC(=O)c1sc(NC(=S)Nc2ccc(C)c([N+](=O)[O-])c2)c(C(=O)OCC)c1C. The van der Waals surface area contributed by atoms with E-state index in [1.165, 1.54) is 6.07 Å². The largest absolute Gasteiger partial charge is 0.462 e. The summed E-state index contributed by atoms with van der Waals surface area (Å²) in [5.74, 6) is -1.15. The van der Waals surface area contributed by atoms with Crippen molar-refractivity contribution in [2.75, 3.05) is 23.8 Å². The number of nitrogens with one attached hydrogen (secondary N) is 2. The first-order valence-electron chi connectivity index (χ1n) is 9.00. The van der Waals surface area contributed by atoms with Gasteiger partial charge in [0.25, 0.3) is 5.69 Å². The van der Waals surface area contributed by atoms with Gasteiger partial charge >= 0.3 is 11.9 Å². The molecule has 0 radical (unpaired) electrons. The van der Waals surface area contributed by atoms with Gasteiger partial charge in [-0.25, -0.2) is 9.59 Å². The summed E-state index contributed by atoms with van der Waals surface area (Å²) in [4.78, 5) is 35.6. The second-order valence-electron chi connectivity index (χ2n) is 6.04. The molecule has 0 atom stereocenters. The quantitative estimate of drug-likeness (QED) is 0.272. The minimum Gasteiger partial charge on any atom is -0.462 e. The fourth-order valence-electron chi connectivity index (χ4n) is 2.59. The Labute approximate surface area is 182 Å². The van der Waals surface area contributed by atoms with Gasteiger partial charge < -0.3 is 20.1 Å². The summed E-state index contributed by atoms with van der Waals surface area (Å²) in [6, 6.07) is 4.60.